The zero-order valence-electron chi connectivity index (χ0n) is 12.0. The summed E-state index contributed by atoms with van der Waals surface area (Å²) >= 11 is 0. The fraction of sp³-hybridized carbons (Fsp3) is 0.467. The van der Waals surface area contributed by atoms with Gasteiger partial charge in [-0.3, -0.25) is 9.59 Å². The van der Waals surface area contributed by atoms with E-state index in [1.165, 1.54) is 0 Å². The molecule has 1 aliphatic carbocycles. The average molecular weight is 322 g/mol. The molecule has 0 bridgehead atoms. The van der Waals surface area contributed by atoms with E-state index in [0.717, 1.165) is 12.8 Å². The molecule has 22 heavy (non-hydrogen) atoms. The molecule has 1 unspecified atom stereocenters. The topological polar surface area (TPSA) is 92.3 Å². The second kappa shape index (κ2) is 5.72. The van der Waals surface area contributed by atoms with Crippen LogP contribution >= 0.6 is 0 Å². The number of amides is 2. The van der Waals surface area contributed by atoms with E-state index in [1.54, 1.807) is 24.3 Å². The molecule has 2 fully saturated rings. The van der Waals surface area contributed by atoms with Crippen LogP contribution in [0.5, 0.6) is 0 Å². The summed E-state index contributed by atoms with van der Waals surface area (Å²) in [5.41, 5.74) is 0.944. The van der Waals surface area contributed by atoms with E-state index in [1.807, 2.05) is 0 Å². The van der Waals surface area contributed by atoms with E-state index in [2.05, 4.69) is 10.6 Å². The number of rotatable bonds is 4. The minimum Gasteiger partial charge on any atom is -0.349 e. The molecule has 2 amide bonds. The molecule has 1 aromatic rings. The van der Waals surface area contributed by atoms with Crippen LogP contribution in [0.15, 0.2) is 24.3 Å². The lowest BCUT2D eigenvalue weighted by Gasteiger charge is -2.11. The van der Waals surface area contributed by atoms with Crippen LogP contribution in [0.4, 0.5) is 0 Å². The first kappa shape index (κ1) is 15.0. The van der Waals surface area contributed by atoms with E-state index in [-0.39, 0.29) is 29.4 Å². The van der Waals surface area contributed by atoms with Crippen LogP contribution in [0.3, 0.4) is 0 Å². The van der Waals surface area contributed by atoms with E-state index in [9.17, 15) is 18.0 Å². The third-order valence-corrected chi connectivity index (χ3v) is 5.66. The highest BCUT2D eigenvalue weighted by atomic mass is 32.2. The summed E-state index contributed by atoms with van der Waals surface area (Å²) in [4.78, 5) is 23.9. The van der Waals surface area contributed by atoms with Crippen LogP contribution in [0, 0.1) is 0 Å². The summed E-state index contributed by atoms with van der Waals surface area (Å²) in [6.45, 7) is 0. The van der Waals surface area contributed by atoms with Gasteiger partial charge in [0.05, 0.1) is 11.5 Å². The smallest absolute Gasteiger partial charge is 0.251 e. The fourth-order valence-corrected chi connectivity index (χ4v) is 4.12. The van der Waals surface area contributed by atoms with Crippen LogP contribution in [0.25, 0.3) is 0 Å². The molecule has 0 radical (unpaired) electrons. The Bertz CT molecular complexity index is 693. The Labute approximate surface area is 129 Å². The van der Waals surface area contributed by atoms with Crippen LogP contribution in [0.1, 0.15) is 40.0 Å². The van der Waals surface area contributed by atoms with Gasteiger partial charge < -0.3 is 10.6 Å². The summed E-state index contributed by atoms with van der Waals surface area (Å²) in [7, 11) is -3.01. The Morgan fingerprint density at radius 1 is 0.864 bits per heavy atom. The molecule has 0 spiro atoms. The first-order chi connectivity index (χ1) is 10.4. The first-order valence-corrected chi connectivity index (χ1v) is 9.17. The number of sulfone groups is 1. The third kappa shape index (κ3) is 3.65. The highest BCUT2D eigenvalue weighted by Gasteiger charge is 2.29. The SMILES string of the molecule is O=C(NC1CC1)c1ccc(C(=O)NC2CCS(=O)(=O)C2)cc1. The van der Waals surface area contributed by atoms with E-state index < -0.39 is 9.84 Å². The van der Waals surface area contributed by atoms with Crippen LogP contribution in [-0.4, -0.2) is 43.8 Å². The highest BCUT2D eigenvalue weighted by Crippen LogP contribution is 2.19. The lowest BCUT2D eigenvalue weighted by atomic mass is 10.1. The van der Waals surface area contributed by atoms with Crippen molar-refractivity contribution < 1.29 is 18.0 Å². The van der Waals surface area contributed by atoms with E-state index in [0.29, 0.717) is 23.6 Å². The van der Waals surface area contributed by atoms with Crippen molar-refractivity contribution in [1.29, 1.82) is 0 Å². The molecule has 0 aromatic heterocycles. The molecule has 6 nitrogen and oxygen atoms in total. The number of hydrogen-bond acceptors (Lipinski definition) is 4. The van der Waals surface area contributed by atoms with Gasteiger partial charge in [-0.25, -0.2) is 8.42 Å². The molecule has 2 N–H and O–H groups in total. The minimum absolute atomic E-state index is 0.000613. The van der Waals surface area contributed by atoms with Gasteiger partial charge in [-0.1, -0.05) is 0 Å². The van der Waals surface area contributed by atoms with Gasteiger partial charge in [0.15, 0.2) is 9.84 Å². The predicted octanol–water partition coefficient (Wildman–Crippen LogP) is 0.496. The van der Waals surface area contributed by atoms with E-state index >= 15 is 0 Å². The Balaban J connectivity index is 1.59. The molecular weight excluding hydrogens is 304 g/mol. The maximum absolute atomic E-state index is 12.1. The van der Waals surface area contributed by atoms with Crippen molar-refractivity contribution >= 4 is 21.7 Å². The minimum atomic E-state index is -3.01. The maximum atomic E-state index is 12.1. The fourth-order valence-electron chi connectivity index (χ4n) is 2.45. The van der Waals surface area contributed by atoms with Gasteiger partial charge in [0.2, 0.25) is 0 Å². The van der Waals surface area contributed by atoms with Gasteiger partial charge in [-0.05, 0) is 43.5 Å². The van der Waals surface area contributed by atoms with Gasteiger partial charge >= 0.3 is 0 Å². The highest BCUT2D eigenvalue weighted by molar-refractivity contribution is 7.91. The van der Waals surface area contributed by atoms with Crippen molar-refractivity contribution in [2.75, 3.05) is 11.5 Å². The molecule has 1 heterocycles. The second-order valence-electron chi connectivity index (χ2n) is 5.90. The molecule has 3 rings (SSSR count). The molecule has 1 aromatic carbocycles. The monoisotopic (exact) mass is 322 g/mol. The zero-order chi connectivity index (χ0) is 15.7. The van der Waals surface area contributed by atoms with E-state index in [4.69, 9.17) is 0 Å². The van der Waals surface area contributed by atoms with Crippen LogP contribution < -0.4 is 10.6 Å². The van der Waals surface area contributed by atoms with Crippen LogP contribution in [-0.2, 0) is 9.84 Å². The number of hydrogen-bond donors (Lipinski definition) is 2. The maximum Gasteiger partial charge on any atom is 0.251 e. The molecule has 7 heteroatoms. The summed E-state index contributed by atoms with van der Waals surface area (Å²) < 4.78 is 22.8. The molecule has 118 valence electrons. The molecular formula is C15H18N2O4S. The van der Waals surface area contributed by atoms with Gasteiger partial charge in [0.25, 0.3) is 11.8 Å². The molecule has 1 saturated heterocycles. The summed E-state index contributed by atoms with van der Waals surface area (Å²) in [6.07, 6.45) is 2.50. The quantitative estimate of drug-likeness (QED) is 0.844. The van der Waals surface area contributed by atoms with Crippen molar-refractivity contribution in [3.8, 4) is 0 Å². The van der Waals surface area contributed by atoms with Gasteiger partial charge in [0.1, 0.15) is 0 Å². The first-order valence-electron chi connectivity index (χ1n) is 7.35. The third-order valence-electron chi connectivity index (χ3n) is 3.89. The Morgan fingerprint density at radius 3 is 1.77 bits per heavy atom. The molecule has 1 atom stereocenters. The van der Waals surface area contributed by atoms with Crippen molar-refractivity contribution in [3.63, 3.8) is 0 Å². The predicted molar refractivity (Wildman–Crippen MR) is 81.5 cm³/mol. The van der Waals surface area contributed by atoms with Crippen LogP contribution in [0.2, 0.25) is 0 Å². The lowest BCUT2D eigenvalue weighted by Crippen LogP contribution is -2.35. The number of benzene rings is 1. The number of carbonyl (C=O) groups is 2. The second-order valence-corrected chi connectivity index (χ2v) is 8.13. The largest absolute Gasteiger partial charge is 0.349 e. The van der Waals surface area contributed by atoms with Gasteiger partial charge in [-0.15, -0.1) is 0 Å². The molecule has 1 aliphatic heterocycles. The summed E-state index contributed by atoms with van der Waals surface area (Å²) in [5, 5.41) is 5.60. The number of carbonyl (C=O) groups excluding carboxylic acids is 2. The Morgan fingerprint density at radius 2 is 1.36 bits per heavy atom. The average Bonchev–Trinajstić information content (AvgIpc) is 3.22. The normalized spacial score (nSPS) is 23.0. The van der Waals surface area contributed by atoms with Crippen molar-refractivity contribution in [3.05, 3.63) is 35.4 Å². The number of nitrogens with one attached hydrogen (secondary N) is 2. The lowest BCUT2D eigenvalue weighted by molar-refractivity contribution is 0.0933. The van der Waals surface area contributed by atoms with Crippen molar-refractivity contribution in [1.82, 2.24) is 10.6 Å². The van der Waals surface area contributed by atoms with Crippen molar-refractivity contribution in [2.24, 2.45) is 0 Å². The zero-order valence-corrected chi connectivity index (χ0v) is 12.9. The van der Waals surface area contributed by atoms with Gasteiger partial charge in [0, 0.05) is 23.2 Å². The molecule has 2 aliphatic rings. The Hall–Kier alpha value is -1.89. The standard InChI is InChI=1S/C15H18N2O4S/c18-14(16-12-5-6-12)10-1-3-11(4-2-10)15(19)17-13-7-8-22(20,21)9-13/h1-4,12-13H,5-9H2,(H,16,18)(H,17,19). The summed E-state index contributed by atoms with van der Waals surface area (Å²) in [6, 6.07) is 6.35. The Kier molecular flexibility index (Phi) is 3.90. The molecule has 1 saturated carbocycles. The van der Waals surface area contributed by atoms with Crippen molar-refractivity contribution in [2.45, 2.75) is 31.3 Å². The summed E-state index contributed by atoms with van der Waals surface area (Å²) in [5.74, 6) is -0.314. The van der Waals surface area contributed by atoms with Gasteiger partial charge in [-0.2, -0.15) is 0 Å².